The molecule has 2 aromatic rings. The van der Waals surface area contributed by atoms with Crippen LogP contribution in [0.4, 0.5) is 0 Å². The Morgan fingerprint density at radius 2 is 1.24 bits per heavy atom. The summed E-state index contributed by atoms with van der Waals surface area (Å²) in [6.07, 6.45) is 21.8. The second-order valence-corrected chi connectivity index (χ2v) is 10.9. The number of carbonyl (C=O) groups is 2. The van der Waals surface area contributed by atoms with Crippen LogP contribution in [0, 0.1) is 0 Å². The van der Waals surface area contributed by atoms with E-state index in [2.05, 4.69) is 33.4 Å². The Hall–Kier alpha value is -2.47. The fraction of sp³-hybridized carbons (Fsp3) is 0.531. The highest BCUT2D eigenvalue weighted by Gasteiger charge is 2.08. The smallest absolute Gasteiger partial charge is 0.343 e. The molecule has 2 rings (SSSR count). The predicted molar refractivity (Wildman–Crippen MR) is 161 cm³/mol. The lowest BCUT2D eigenvalue weighted by molar-refractivity contribution is -0.121. The maximum Gasteiger partial charge on any atom is 0.343 e. The Balaban J connectivity index is 1.46. The van der Waals surface area contributed by atoms with Crippen molar-refractivity contribution in [2.45, 2.75) is 110 Å². The number of benzene rings is 2. The van der Waals surface area contributed by atoms with Crippen LogP contribution in [0.15, 0.2) is 58.1 Å². The standard InChI is InChI=1S/C32H45BrN2O3/c1-2-3-4-5-6-7-8-9-10-11-12-13-14-15-16-17-31(36)35-34-26-27-18-24-30(25-19-27)38-32(37)28-20-22-29(33)23-21-28/h18-26H,2-17H2,1H3,(H,35,36)/b34-26+. The zero-order valence-electron chi connectivity index (χ0n) is 23.1. The highest BCUT2D eigenvalue weighted by atomic mass is 79.9. The summed E-state index contributed by atoms with van der Waals surface area (Å²) in [7, 11) is 0. The number of halogens is 1. The quantitative estimate of drug-likeness (QED) is 0.0553. The molecule has 0 saturated carbocycles. The van der Waals surface area contributed by atoms with Crippen LogP contribution in [0.2, 0.25) is 0 Å². The highest BCUT2D eigenvalue weighted by molar-refractivity contribution is 9.10. The Bertz CT molecular complexity index is 942. The van der Waals surface area contributed by atoms with Gasteiger partial charge in [-0.25, -0.2) is 10.2 Å². The van der Waals surface area contributed by atoms with Gasteiger partial charge in [0.05, 0.1) is 11.8 Å². The van der Waals surface area contributed by atoms with Crippen molar-refractivity contribution in [3.8, 4) is 5.75 Å². The molecule has 0 heterocycles. The van der Waals surface area contributed by atoms with Gasteiger partial charge in [0.25, 0.3) is 0 Å². The SMILES string of the molecule is CCCCCCCCCCCCCCCCCC(=O)N/N=C/c1ccc(OC(=O)c2ccc(Br)cc2)cc1. The fourth-order valence-electron chi connectivity index (χ4n) is 4.27. The van der Waals surface area contributed by atoms with Crippen LogP contribution in [0.5, 0.6) is 5.75 Å². The van der Waals surface area contributed by atoms with Crippen LogP contribution >= 0.6 is 15.9 Å². The van der Waals surface area contributed by atoms with Gasteiger partial charge in [-0.15, -0.1) is 0 Å². The fourth-order valence-corrected chi connectivity index (χ4v) is 4.53. The van der Waals surface area contributed by atoms with Gasteiger partial charge in [-0.05, 0) is 60.5 Å². The van der Waals surface area contributed by atoms with Gasteiger partial charge in [0.15, 0.2) is 0 Å². The third kappa shape index (κ3) is 15.1. The number of ether oxygens (including phenoxy) is 1. The molecule has 0 saturated heterocycles. The number of esters is 1. The summed E-state index contributed by atoms with van der Waals surface area (Å²) in [6, 6.07) is 14.0. The van der Waals surface area contributed by atoms with E-state index in [1.165, 1.54) is 83.5 Å². The van der Waals surface area contributed by atoms with E-state index in [9.17, 15) is 9.59 Å². The molecule has 38 heavy (non-hydrogen) atoms. The molecule has 1 amide bonds. The number of rotatable bonds is 20. The number of hydrazone groups is 1. The summed E-state index contributed by atoms with van der Waals surface area (Å²) in [4.78, 5) is 24.2. The molecule has 0 aromatic heterocycles. The van der Waals surface area contributed by atoms with Gasteiger partial charge in [-0.1, -0.05) is 113 Å². The molecular weight excluding hydrogens is 540 g/mol. The van der Waals surface area contributed by atoms with Gasteiger partial charge >= 0.3 is 5.97 Å². The van der Waals surface area contributed by atoms with Crippen LogP contribution in [0.3, 0.4) is 0 Å². The van der Waals surface area contributed by atoms with Gasteiger partial charge in [-0.2, -0.15) is 5.10 Å². The lowest BCUT2D eigenvalue weighted by Gasteiger charge is -2.05. The van der Waals surface area contributed by atoms with E-state index in [0.29, 0.717) is 17.7 Å². The summed E-state index contributed by atoms with van der Waals surface area (Å²) < 4.78 is 6.29. The van der Waals surface area contributed by atoms with Gasteiger partial charge in [0.1, 0.15) is 5.75 Å². The van der Waals surface area contributed by atoms with Crippen molar-refractivity contribution in [3.63, 3.8) is 0 Å². The minimum atomic E-state index is -0.412. The van der Waals surface area contributed by atoms with Crippen LogP contribution in [0.1, 0.15) is 126 Å². The first-order valence-electron chi connectivity index (χ1n) is 14.5. The first-order valence-corrected chi connectivity index (χ1v) is 15.3. The lowest BCUT2D eigenvalue weighted by Crippen LogP contribution is -2.16. The molecule has 0 spiro atoms. The van der Waals surface area contributed by atoms with Crippen molar-refractivity contribution in [3.05, 3.63) is 64.1 Å². The second-order valence-electron chi connectivity index (χ2n) is 9.96. The summed E-state index contributed by atoms with van der Waals surface area (Å²) in [5.41, 5.74) is 3.88. The van der Waals surface area contributed by atoms with E-state index in [1.54, 1.807) is 54.7 Å². The molecule has 0 aliphatic carbocycles. The Kier molecular flexibility index (Phi) is 17.1. The van der Waals surface area contributed by atoms with Gasteiger partial charge in [0, 0.05) is 10.9 Å². The normalized spacial score (nSPS) is 11.1. The van der Waals surface area contributed by atoms with E-state index < -0.39 is 5.97 Å². The van der Waals surface area contributed by atoms with E-state index >= 15 is 0 Å². The van der Waals surface area contributed by atoms with Crippen molar-refractivity contribution in [2.24, 2.45) is 5.10 Å². The molecule has 0 bridgehead atoms. The third-order valence-electron chi connectivity index (χ3n) is 6.58. The molecule has 0 aliphatic heterocycles. The molecule has 5 nitrogen and oxygen atoms in total. The number of unbranched alkanes of at least 4 members (excludes halogenated alkanes) is 14. The van der Waals surface area contributed by atoms with E-state index in [4.69, 9.17) is 4.74 Å². The van der Waals surface area contributed by atoms with Gasteiger partial charge in [-0.3, -0.25) is 4.79 Å². The second kappa shape index (κ2) is 20.5. The number of hydrogen-bond acceptors (Lipinski definition) is 4. The monoisotopic (exact) mass is 584 g/mol. The van der Waals surface area contributed by atoms with Crippen LogP contribution < -0.4 is 10.2 Å². The molecule has 0 atom stereocenters. The lowest BCUT2D eigenvalue weighted by atomic mass is 10.0. The largest absolute Gasteiger partial charge is 0.423 e. The van der Waals surface area contributed by atoms with Crippen molar-refractivity contribution >= 4 is 34.0 Å². The topological polar surface area (TPSA) is 67.8 Å². The molecular formula is C32H45BrN2O3. The van der Waals surface area contributed by atoms with Crippen LogP contribution in [-0.2, 0) is 4.79 Å². The van der Waals surface area contributed by atoms with Crippen LogP contribution in [-0.4, -0.2) is 18.1 Å². The minimum Gasteiger partial charge on any atom is -0.423 e. The predicted octanol–water partition coefficient (Wildman–Crippen LogP) is 9.38. The Morgan fingerprint density at radius 3 is 1.76 bits per heavy atom. The molecule has 0 unspecified atom stereocenters. The van der Waals surface area contributed by atoms with Crippen molar-refractivity contribution in [2.75, 3.05) is 0 Å². The molecule has 0 aliphatic rings. The van der Waals surface area contributed by atoms with E-state index in [1.807, 2.05) is 0 Å². The average Bonchev–Trinajstić information content (AvgIpc) is 2.92. The first kappa shape index (κ1) is 31.7. The third-order valence-corrected chi connectivity index (χ3v) is 7.11. The molecule has 2 aromatic carbocycles. The molecule has 1 N–H and O–H groups in total. The number of amides is 1. The zero-order valence-corrected chi connectivity index (χ0v) is 24.6. The minimum absolute atomic E-state index is 0.0593. The van der Waals surface area contributed by atoms with E-state index in [-0.39, 0.29) is 5.91 Å². The Morgan fingerprint density at radius 1 is 0.737 bits per heavy atom. The maximum absolute atomic E-state index is 12.2. The molecule has 6 heteroatoms. The highest BCUT2D eigenvalue weighted by Crippen LogP contribution is 2.16. The van der Waals surface area contributed by atoms with Crippen molar-refractivity contribution in [1.82, 2.24) is 5.43 Å². The first-order chi connectivity index (χ1) is 18.6. The summed E-state index contributed by atoms with van der Waals surface area (Å²) in [6.45, 7) is 2.27. The van der Waals surface area contributed by atoms with Crippen molar-refractivity contribution < 1.29 is 14.3 Å². The number of nitrogens with zero attached hydrogens (tertiary/aromatic N) is 1. The summed E-state index contributed by atoms with van der Waals surface area (Å²) in [5, 5.41) is 4.04. The molecule has 0 radical (unpaired) electrons. The molecule has 208 valence electrons. The Labute approximate surface area is 238 Å². The van der Waals surface area contributed by atoms with Gasteiger partial charge in [0.2, 0.25) is 5.91 Å². The summed E-state index contributed by atoms with van der Waals surface area (Å²) in [5.74, 6) is -0.0201. The van der Waals surface area contributed by atoms with Crippen molar-refractivity contribution in [1.29, 1.82) is 0 Å². The number of nitrogens with one attached hydrogen (secondary N) is 1. The number of carbonyl (C=O) groups excluding carboxylic acids is 2. The average molecular weight is 586 g/mol. The van der Waals surface area contributed by atoms with E-state index in [0.717, 1.165) is 22.9 Å². The summed E-state index contributed by atoms with van der Waals surface area (Å²) >= 11 is 3.35. The zero-order chi connectivity index (χ0) is 27.3. The van der Waals surface area contributed by atoms with Crippen LogP contribution in [0.25, 0.3) is 0 Å². The molecule has 0 fully saturated rings. The number of hydrogen-bond donors (Lipinski definition) is 1. The van der Waals surface area contributed by atoms with Gasteiger partial charge < -0.3 is 4.74 Å². The maximum atomic E-state index is 12.2.